The van der Waals surface area contributed by atoms with Crippen LogP contribution in [0.3, 0.4) is 0 Å². The van der Waals surface area contributed by atoms with Gasteiger partial charge in [-0.2, -0.15) is 0 Å². The minimum atomic E-state index is -0.991. The summed E-state index contributed by atoms with van der Waals surface area (Å²) in [7, 11) is 0. The highest BCUT2D eigenvalue weighted by Crippen LogP contribution is 2.09. The fraction of sp³-hybridized carbons (Fsp3) is 0.222. The van der Waals surface area contributed by atoms with Crippen molar-refractivity contribution in [3.05, 3.63) is 71.5 Å². The number of primary amides is 1. The van der Waals surface area contributed by atoms with Crippen molar-refractivity contribution in [3.63, 3.8) is 0 Å². The molecule has 2 amide bonds. The van der Waals surface area contributed by atoms with Gasteiger partial charge in [-0.05, 0) is 17.2 Å². The van der Waals surface area contributed by atoms with E-state index in [0.29, 0.717) is 5.56 Å². The van der Waals surface area contributed by atoms with Gasteiger partial charge in [-0.3, -0.25) is 9.59 Å². The first-order chi connectivity index (χ1) is 11.6. The molecule has 2 aromatic rings. The third kappa shape index (κ3) is 5.48. The van der Waals surface area contributed by atoms with E-state index in [-0.39, 0.29) is 19.6 Å². The molecule has 0 aromatic heterocycles. The average Bonchev–Trinajstić information content (AvgIpc) is 2.57. The highest BCUT2D eigenvalue weighted by Gasteiger charge is 2.20. The summed E-state index contributed by atoms with van der Waals surface area (Å²) in [5.41, 5.74) is 6.53. The summed E-state index contributed by atoms with van der Waals surface area (Å²) >= 11 is 0. The lowest BCUT2D eigenvalue weighted by Gasteiger charge is -2.16. The summed E-state index contributed by atoms with van der Waals surface area (Å²) in [6, 6.07) is 14.4. The van der Waals surface area contributed by atoms with Gasteiger partial charge in [0.15, 0.2) is 0 Å². The summed E-state index contributed by atoms with van der Waals surface area (Å²) in [6.45, 7) is 0.0682. The fourth-order valence-corrected chi connectivity index (χ4v) is 2.18. The first-order valence-corrected chi connectivity index (χ1v) is 7.50. The molecule has 0 fully saturated rings. The molecule has 2 rings (SSSR count). The molecule has 1 atom stereocenters. The molecule has 0 radical (unpaired) electrons. The number of carbonyl (C=O) groups is 2. The molecular formula is C18H19FN2O3. The van der Waals surface area contributed by atoms with Crippen molar-refractivity contribution < 1.29 is 18.7 Å². The topological polar surface area (TPSA) is 81.4 Å². The predicted molar refractivity (Wildman–Crippen MR) is 87.3 cm³/mol. The van der Waals surface area contributed by atoms with Crippen molar-refractivity contribution in [2.75, 3.05) is 6.61 Å². The molecule has 0 aliphatic carbocycles. The van der Waals surface area contributed by atoms with Crippen molar-refractivity contribution in [2.24, 2.45) is 5.73 Å². The number of hydrogen-bond donors (Lipinski definition) is 2. The van der Waals surface area contributed by atoms with Crippen LogP contribution in [-0.4, -0.2) is 24.5 Å². The van der Waals surface area contributed by atoms with Gasteiger partial charge in [0, 0.05) is 6.42 Å². The van der Waals surface area contributed by atoms with Crippen molar-refractivity contribution in [1.29, 1.82) is 0 Å². The number of carbonyl (C=O) groups excluding carboxylic acids is 2. The number of nitrogens with one attached hydrogen (secondary N) is 1. The third-order valence-corrected chi connectivity index (χ3v) is 3.41. The monoisotopic (exact) mass is 330 g/mol. The van der Waals surface area contributed by atoms with E-state index < -0.39 is 23.7 Å². The van der Waals surface area contributed by atoms with Crippen LogP contribution in [0, 0.1) is 5.82 Å². The molecule has 5 nitrogen and oxygen atoms in total. The minimum Gasteiger partial charge on any atom is -0.368 e. The Bertz CT molecular complexity index is 692. The molecule has 126 valence electrons. The van der Waals surface area contributed by atoms with Gasteiger partial charge < -0.3 is 15.8 Å². The Hall–Kier alpha value is -2.73. The van der Waals surface area contributed by atoms with E-state index in [1.54, 1.807) is 18.2 Å². The molecule has 0 saturated heterocycles. The quantitative estimate of drug-likeness (QED) is 0.770. The lowest BCUT2D eigenvalue weighted by molar-refractivity contribution is -0.130. The van der Waals surface area contributed by atoms with Crippen molar-refractivity contribution in [2.45, 2.75) is 19.1 Å². The lowest BCUT2D eigenvalue weighted by atomic mass is 10.0. The Kier molecular flexibility index (Phi) is 6.45. The zero-order valence-electron chi connectivity index (χ0n) is 13.1. The first-order valence-electron chi connectivity index (χ1n) is 7.50. The average molecular weight is 330 g/mol. The molecule has 3 N–H and O–H groups in total. The molecule has 0 aliphatic rings. The molecule has 0 unspecified atom stereocenters. The Morgan fingerprint density at radius 1 is 1.08 bits per heavy atom. The molecule has 6 heteroatoms. The number of amides is 2. The van der Waals surface area contributed by atoms with E-state index in [1.807, 2.05) is 30.3 Å². The van der Waals surface area contributed by atoms with E-state index in [4.69, 9.17) is 10.5 Å². The first kappa shape index (κ1) is 17.6. The Labute approximate surface area is 139 Å². The normalized spacial score (nSPS) is 11.7. The number of halogens is 1. The minimum absolute atomic E-state index is 0.00751. The molecule has 0 saturated carbocycles. The van der Waals surface area contributed by atoms with Gasteiger partial charge in [0.1, 0.15) is 18.5 Å². The van der Waals surface area contributed by atoms with Crippen LogP contribution < -0.4 is 11.1 Å². The number of benzene rings is 2. The summed E-state index contributed by atoms with van der Waals surface area (Å²) in [5, 5.41) is 2.47. The Morgan fingerprint density at radius 3 is 2.42 bits per heavy atom. The number of nitrogens with two attached hydrogens (primary N) is 1. The van der Waals surface area contributed by atoms with E-state index >= 15 is 0 Å². The standard InChI is InChI=1S/C18H19FN2O3/c19-15-9-5-4-8-14(15)10-16(18(20)23)21-17(22)12-24-11-13-6-2-1-3-7-13/h1-9,16H,10-12H2,(H2,20,23)(H,21,22)/t16-/m0/s1. The number of ether oxygens (including phenoxy) is 1. The Balaban J connectivity index is 1.85. The molecule has 0 spiro atoms. The molecule has 24 heavy (non-hydrogen) atoms. The van der Waals surface area contributed by atoms with E-state index in [2.05, 4.69) is 5.32 Å². The van der Waals surface area contributed by atoms with Crippen LogP contribution in [0.1, 0.15) is 11.1 Å². The van der Waals surface area contributed by atoms with Gasteiger partial charge in [-0.1, -0.05) is 48.5 Å². The van der Waals surface area contributed by atoms with Crippen LogP contribution in [-0.2, 0) is 27.4 Å². The van der Waals surface area contributed by atoms with Crippen molar-refractivity contribution in [3.8, 4) is 0 Å². The second-order valence-corrected chi connectivity index (χ2v) is 5.30. The molecule has 0 heterocycles. The van der Waals surface area contributed by atoms with Gasteiger partial charge in [-0.25, -0.2) is 4.39 Å². The smallest absolute Gasteiger partial charge is 0.246 e. The van der Waals surface area contributed by atoms with Crippen LogP contribution >= 0.6 is 0 Å². The van der Waals surface area contributed by atoms with Crippen molar-refractivity contribution in [1.82, 2.24) is 5.32 Å². The molecular weight excluding hydrogens is 311 g/mol. The zero-order valence-corrected chi connectivity index (χ0v) is 13.1. The molecule has 0 bridgehead atoms. The number of rotatable bonds is 8. The van der Waals surface area contributed by atoms with Gasteiger partial charge >= 0.3 is 0 Å². The number of hydrogen-bond acceptors (Lipinski definition) is 3. The second-order valence-electron chi connectivity index (χ2n) is 5.30. The second kappa shape index (κ2) is 8.79. The summed E-state index contributed by atoms with van der Waals surface area (Å²) in [6.07, 6.45) is -0.00751. The van der Waals surface area contributed by atoms with Crippen LogP contribution in [0.2, 0.25) is 0 Å². The van der Waals surface area contributed by atoms with Crippen molar-refractivity contribution >= 4 is 11.8 Å². The Morgan fingerprint density at radius 2 is 1.75 bits per heavy atom. The molecule has 2 aromatic carbocycles. The van der Waals surface area contributed by atoms with Crippen LogP contribution in [0.15, 0.2) is 54.6 Å². The van der Waals surface area contributed by atoms with Gasteiger partial charge in [0.25, 0.3) is 0 Å². The summed E-state index contributed by atoms with van der Waals surface area (Å²) in [4.78, 5) is 23.4. The van der Waals surface area contributed by atoms with E-state index in [9.17, 15) is 14.0 Å². The maximum absolute atomic E-state index is 13.7. The third-order valence-electron chi connectivity index (χ3n) is 3.41. The SMILES string of the molecule is NC(=O)[C@H](Cc1ccccc1F)NC(=O)COCc1ccccc1. The zero-order chi connectivity index (χ0) is 17.4. The lowest BCUT2D eigenvalue weighted by Crippen LogP contribution is -2.47. The highest BCUT2D eigenvalue weighted by atomic mass is 19.1. The highest BCUT2D eigenvalue weighted by molar-refractivity contribution is 5.87. The molecule has 0 aliphatic heterocycles. The van der Waals surface area contributed by atoms with Crippen LogP contribution in [0.5, 0.6) is 0 Å². The largest absolute Gasteiger partial charge is 0.368 e. The maximum atomic E-state index is 13.7. The van der Waals surface area contributed by atoms with E-state index in [0.717, 1.165) is 5.56 Å². The summed E-state index contributed by atoms with van der Waals surface area (Å²) in [5.74, 6) is -1.65. The van der Waals surface area contributed by atoms with Gasteiger partial charge in [0.05, 0.1) is 6.61 Å². The predicted octanol–water partition coefficient (Wildman–Crippen LogP) is 1.56. The van der Waals surface area contributed by atoms with Crippen LogP contribution in [0.4, 0.5) is 4.39 Å². The van der Waals surface area contributed by atoms with Crippen LogP contribution in [0.25, 0.3) is 0 Å². The maximum Gasteiger partial charge on any atom is 0.246 e. The fourth-order valence-electron chi connectivity index (χ4n) is 2.18. The van der Waals surface area contributed by atoms with Gasteiger partial charge in [0.2, 0.25) is 11.8 Å². The van der Waals surface area contributed by atoms with Gasteiger partial charge in [-0.15, -0.1) is 0 Å². The summed E-state index contributed by atoms with van der Waals surface area (Å²) < 4.78 is 18.9. The van der Waals surface area contributed by atoms with E-state index in [1.165, 1.54) is 6.07 Å².